The number of hydrogen-bond acceptors (Lipinski definition) is 4. The van der Waals surface area contributed by atoms with Crippen LogP contribution in [0.15, 0.2) is 48.5 Å². The zero-order valence-corrected chi connectivity index (χ0v) is 20.5. The van der Waals surface area contributed by atoms with Crippen LogP contribution in [0.3, 0.4) is 0 Å². The highest BCUT2D eigenvalue weighted by Crippen LogP contribution is 2.21. The molecule has 0 saturated heterocycles. The van der Waals surface area contributed by atoms with E-state index in [0.717, 1.165) is 20.7 Å². The molecule has 11 heteroatoms. The first kappa shape index (κ1) is 26.6. The van der Waals surface area contributed by atoms with E-state index in [4.69, 9.17) is 11.6 Å². The number of carbonyl (C=O) groups excluding carboxylic acids is 2. The fourth-order valence-electron chi connectivity index (χ4n) is 3.02. The van der Waals surface area contributed by atoms with Crippen molar-refractivity contribution in [1.29, 1.82) is 0 Å². The average Bonchev–Trinajstić information content (AvgIpc) is 2.77. The van der Waals surface area contributed by atoms with E-state index in [1.54, 1.807) is 38.1 Å². The number of benzene rings is 2. The molecule has 2 aromatic carbocycles. The van der Waals surface area contributed by atoms with Gasteiger partial charge in [-0.3, -0.25) is 9.59 Å². The number of rotatable bonds is 10. The Balaban J connectivity index is 2.43. The third-order valence-corrected chi connectivity index (χ3v) is 6.99. The molecule has 0 unspecified atom stereocenters. The van der Waals surface area contributed by atoms with Crippen molar-refractivity contribution in [2.45, 2.75) is 26.4 Å². The second kappa shape index (κ2) is 11.4. The highest BCUT2D eigenvalue weighted by Gasteiger charge is 2.32. The lowest BCUT2D eigenvalue weighted by Gasteiger charge is -2.32. The minimum absolute atomic E-state index is 0.0631. The molecule has 0 heterocycles. The third-order valence-electron chi connectivity index (χ3n) is 4.92. The molecule has 33 heavy (non-hydrogen) atoms. The standard InChI is InChI=1S/C22H28ClFN4O4S/c1-5-25-22(30)16(2)27(14-17-6-8-18(23)9-7-17)21(29)15-28(33(31,32)26(3)4)20-12-10-19(24)11-13-20/h6-13,16H,5,14-15H2,1-4H3,(H,25,30)/t16-/m0/s1. The van der Waals surface area contributed by atoms with Gasteiger partial charge in [-0.15, -0.1) is 0 Å². The topological polar surface area (TPSA) is 90.0 Å². The molecule has 0 saturated carbocycles. The fourth-order valence-corrected chi connectivity index (χ4v) is 4.20. The smallest absolute Gasteiger partial charge is 0.304 e. The zero-order valence-electron chi connectivity index (χ0n) is 19.0. The van der Waals surface area contributed by atoms with Gasteiger partial charge in [-0.25, -0.2) is 8.70 Å². The third kappa shape index (κ3) is 6.89. The van der Waals surface area contributed by atoms with Crippen LogP contribution in [0.25, 0.3) is 0 Å². The molecular weight excluding hydrogens is 471 g/mol. The number of halogens is 2. The largest absolute Gasteiger partial charge is 0.355 e. The van der Waals surface area contributed by atoms with E-state index < -0.39 is 34.5 Å². The number of likely N-dealkylation sites (N-methyl/N-ethyl adjacent to an activating group) is 1. The Morgan fingerprint density at radius 3 is 2.15 bits per heavy atom. The molecule has 0 aliphatic rings. The van der Waals surface area contributed by atoms with Crippen molar-refractivity contribution in [3.05, 3.63) is 64.9 Å². The number of amides is 2. The first-order valence-corrected chi connectivity index (χ1v) is 12.0. The lowest BCUT2D eigenvalue weighted by atomic mass is 10.1. The molecule has 1 atom stereocenters. The Hall–Kier alpha value is -2.69. The SMILES string of the molecule is CCNC(=O)[C@H](C)N(Cc1ccc(Cl)cc1)C(=O)CN(c1ccc(F)cc1)S(=O)(=O)N(C)C. The number of hydrogen-bond donors (Lipinski definition) is 1. The molecule has 2 aromatic rings. The van der Waals surface area contributed by atoms with Gasteiger partial charge in [0, 0.05) is 32.2 Å². The van der Waals surface area contributed by atoms with E-state index in [1.165, 1.54) is 31.1 Å². The van der Waals surface area contributed by atoms with Crippen LogP contribution in [-0.2, 0) is 26.3 Å². The maximum Gasteiger partial charge on any atom is 0.304 e. The molecule has 0 fully saturated rings. The van der Waals surface area contributed by atoms with Crippen molar-refractivity contribution in [3.8, 4) is 0 Å². The molecule has 2 rings (SSSR count). The van der Waals surface area contributed by atoms with Crippen molar-refractivity contribution in [3.63, 3.8) is 0 Å². The normalized spacial score (nSPS) is 12.3. The van der Waals surface area contributed by atoms with Crippen LogP contribution in [0.5, 0.6) is 0 Å². The molecule has 0 aliphatic carbocycles. The maximum absolute atomic E-state index is 13.4. The van der Waals surface area contributed by atoms with Crippen molar-refractivity contribution in [1.82, 2.24) is 14.5 Å². The first-order chi connectivity index (χ1) is 15.5. The summed E-state index contributed by atoms with van der Waals surface area (Å²) in [5, 5.41) is 3.20. The second-order valence-electron chi connectivity index (χ2n) is 7.49. The number of nitrogens with zero attached hydrogens (tertiary/aromatic N) is 3. The molecule has 180 valence electrons. The quantitative estimate of drug-likeness (QED) is 0.545. The number of anilines is 1. The molecule has 1 N–H and O–H groups in total. The van der Waals surface area contributed by atoms with E-state index in [9.17, 15) is 22.4 Å². The van der Waals surface area contributed by atoms with E-state index in [2.05, 4.69) is 5.32 Å². The van der Waals surface area contributed by atoms with Crippen LogP contribution in [0.1, 0.15) is 19.4 Å². The summed E-state index contributed by atoms with van der Waals surface area (Å²) in [7, 11) is -1.42. The minimum Gasteiger partial charge on any atom is -0.355 e. The van der Waals surface area contributed by atoms with Crippen molar-refractivity contribution < 1.29 is 22.4 Å². The van der Waals surface area contributed by atoms with Gasteiger partial charge in [-0.2, -0.15) is 12.7 Å². The Kier molecular flexibility index (Phi) is 9.21. The van der Waals surface area contributed by atoms with Gasteiger partial charge in [-0.1, -0.05) is 23.7 Å². The average molecular weight is 499 g/mol. The highest BCUT2D eigenvalue weighted by atomic mass is 35.5. The molecule has 0 aliphatic heterocycles. The predicted molar refractivity (Wildman–Crippen MR) is 127 cm³/mol. The van der Waals surface area contributed by atoms with Gasteiger partial charge in [0.05, 0.1) is 5.69 Å². The summed E-state index contributed by atoms with van der Waals surface area (Å²) in [6.45, 7) is 3.19. The first-order valence-electron chi connectivity index (χ1n) is 10.2. The highest BCUT2D eigenvalue weighted by molar-refractivity contribution is 7.90. The van der Waals surface area contributed by atoms with Crippen LogP contribution < -0.4 is 9.62 Å². The summed E-state index contributed by atoms with van der Waals surface area (Å²) >= 11 is 5.94. The molecule has 8 nitrogen and oxygen atoms in total. The van der Waals surface area contributed by atoms with E-state index in [-0.39, 0.29) is 18.1 Å². The van der Waals surface area contributed by atoms with E-state index in [0.29, 0.717) is 17.1 Å². The Bertz CT molecular complexity index is 1060. The monoisotopic (exact) mass is 498 g/mol. The van der Waals surface area contributed by atoms with Crippen LogP contribution in [0.2, 0.25) is 5.02 Å². The predicted octanol–water partition coefficient (Wildman–Crippen LogP) is 2.65. The molecular formula is C22H28ClFN4O4S. The summed E-state index contributed by atoms with van der Waals surface area (Å²) < 4.78 is 41.2. The Morgan fingerprint density at radius 2 is 1.64 bits per heavy atom. The Morgan fingerprint density at radius 1 is 1.06 bits per heavy atom. The number of nitrogens with one attached hydrogen (secondary N) is 1. The summed E-state index contributed by atoms with van der Waals surface area (Å²) in [5.41, 5.74) is 0.836. The van der Waals surface area contributed by atoms with Gasteiger partial charge in [-0.05, 0) is 55.8 Å². The summed E-state index contributed by atoms with van der Waals surface area (Å²) in [6, 6.07) is 10.7. The zero-order chi connectivity index (χ0) is 24.8. The molecule has 0 spiro atoms. The molecule has 0 aromatic heterocycles. The van der Waals surface area contributed by atoms with Crippen molar-refractivity contribution in [2.24, 2.45) is 0 Å². The van der Waals surface area contributed by atoms with Crippen LogP contribution in [0, 0.1) is 5.82 Å². The summed E-state index contributed by atoms with van der Waals surface area (Å²) in [4.78, 5) is 27.2. The molecule has 2 amide bonds. The van der Waals surface area contributed by atoms with Gasteiger partial charge in [0.2, 0.25) is 11.8 Å². The maximum atomic E-state index is 13.4. The van der Waals surface area contributed by atoms with Gasteiger partial charge in [0.15, 0.2) is 0 Å². The van der Waals surface area contributed by atoms with Gasteiger partial charge < -0.3 is 10.2 Å². The number of carbonyl (C=O) groups is 2. The van der Waals surface area contributed by atoms with E-state index >= 15 is 0 Å². The summed E-state index contributed by atoms with van der Waals surface area (Å²) in [6.07, 6.45) is 0. The Labute approximate surface area is 199 Å². The van der Waals surface area contributed by atoms with Gasteiger partial charge in [0.1, 0.15) is 18.4 Å². The lowest BCUT2D eigenvalue weighted by Crippen LogP contribution is -2.52. The van der Waals surface area contributed by atoms with Crippen molar-refractivity contribution >= 4 is 39.3 Å². The van der Waals surface area contributed by atoms with Gasteiger partial charge in [0.25, 0.3) is 0 Å². The van der Waals surface area contributed by atoms with Crippen LogP contribution >= 0.6 is 11.6 Å². The van der Waals surface area contributed by atoms with Gasteiger partial charge >= 0.3 is 10.2 Å². The molecule has 0 radical (unpaired) electrons. The van der Waals surface area contributed by atoms with Crippen molar-refractivity contribution in [2.75, 3.05) is 31.5 Å². The summed E-state index contributed by atoms with van der Waals surface area (Å²) in [5.74, 6) is -1.51. The van der Waals surface area contributed by atoms with Crippen LogP contribution in [0.4, 0.5) is 10.1 Å². The van der Waals surface area contributed by atoms with Crippen LogP contribution in [-0.4, -0.2) is 62.7 Å². The second-order valence-corrected chi connectivity index (χ2v) is 10.00. The molecule has 0 bridgehead atoms. The minimum atomic E-state index is -4.09. The lowest BCUT2D eigenvalue weighted by molar-refractivity contribution is -0.139. The van der Waals surface area contributed by atoms with E-state index in [1.807, 2.05) is 0 Å². The fraction of sp³-hybridized carbons (Fsp3) is 0.364.